The second kappa shape index (κ2) is 5.74. The predicted octanol–water partition coefficient (Wildman–Crippen LogP) is 3.67. The van der Waals surface area contributed by atoms with Gasteiger partial charge in [-0.2, -0.15) is 0 Å². The van der Waals surface area contributed by atoms with Crippen LogP contribution in [0.5, 0.6) is 5.75 Å². The Hall–Kier alpha value is -3.54. The molecule has 2 aromatic heterocycles. The van der Waals surface area contributed by atoms with Crippen LogP contribution in [0, 0.1) is 0 Å². The molecule has 6 heteroatoms. The van der Waals surface area contributed by atoms with Gasteiger partial charge in [0.2, 0.25) is 0 Å². The summed E-state index contributed by atoms with van der Waals surface area (Å²) in [6, 6.07) is 13.2. The van der Waals surface area contributed by atoms with Crippen molar-refractivity contribution in [1.29, 1.82) is 0 Å². The number of aromatic hydroxyl groups is 1. The van der Waals surface area contributed by atoms with Gasteiger partial charge in [0.1, 0.15) is 17.1 Å². The zero-order valence-electron chi connectivity index (χ0n) is 14.8. The lowest BCUT2D eigenvalue weighted by molar-refractivity contribution is 0.0985. The minimum Gasteiger partial charge on any atom is -0.507 e. The van der Waals surface area contributed by atoms with Crippen LogP contribution in [-0.4, -0.2) is 34.6 Å². The zero-order valence-corrected chi connectivity index (χ0v) is 14.8. The van der Waals surface area contributed by atoms with E-state index >= 15 is 0 Å². The monoisotopic (exact) mass is 358 g/mol. The van der Waals surface area contributed by atoms with Crippen LogP contribution in [0.15, 0.2) is 48.7 Å². The molecular formula is C21H18N4O2. The molecule has 2 aromatic carbocycles. The number of rotatable bonds is 2. The summed E-state index contributed by atoms with van der Waals surface area (Å²) in [5.41, 5.74) is 3.94. The molecule has 0 bridgehead atoms. The molecule has 3 N–H and O–H groups in total. The molecule has 0 fully saturated rings. The van der Waals surface area contributed by atoms with E-state index in [4.69, 9.17) is 0 Å². The maximum absolute atomic E-state index is 13.2. The lowest BCUT2D eigenvalue weighted by Gasteiger charge is -2.17. The molecule has 0 saturated heterocycles. The first-order valence-electron chi connectivity index (χ1n) is 8.87. The highest BCUT2D eigenvalue weighted by molar-refractivity contribution is 6.10. The maximum Gasteiger partial charge on any atom is 0.274 e. The third-order valence-corrected chi connectivity index (χ3v) is 5.22. The number of anilines is 2. The van der Waals surface area contributed by atoms with E-state index in [0.717, 1.165) is 39.5 Å². The molecule has 1 aliphatic rings. The van der Waals surface area contributed by atoms with Crippen molar-refractivity contribution < 1.29 is 9.90 Å². The first-order chi connectivity index (χ1) is 13.2. The second-order valence-corrected chi connectivity index (χ2v) is 6.74. The van der Waals surface area contributed by atoms with Gasteiger partial charge in [0.25, 0.3) is 5.91 Å². The fourth-order valence-electron chi connectivity index (χ4n) is 3.87. The normalized spacial score (nSPS) is 13.3. The average Bonchev–Trinajstić information content (AvgIpc) is 3.31. The van der Waals surface area contributed by atoms with Gasteiger partial charge in [0.05, 0.1) is 17.6 Å². The number of carbonyl (C=O) groups is 1. The summed E-state index contributed by atoms with van der Waals surface area (Å²) in [5.74, 6) is 0.0773. The van der Waals surface area contributed by atoms with Gasteiger partial charge in [-0.15, -0.1) is 0 Å². The van der Waals surface area contributed by atoms with Crippen LogP contribution in [0.4, 0.5) is 11.4 Å². The van der Waals surface area contributed by atoms with E-state index in [2.05, 4.69) is 15.3 Å². The van der Waals surface area contributed by atoms with E-state index in [0.29, 0.717) is 17.9 Å². The van der Waals surface area contributed by atoms with Gasteiger partial charge < -0.3 is 20.3 Å². The molecule has 6 nitrogen and oxygen atoms in total. The minimum absolute atomic E-state index is 0.118. The lowest BCUT2D eigenvalue weighted by atomic mass is 10.0. The molecule has 3 heterocycles. The molecule has 1 amide bonds. The smallest absolute Gasteiger partial charge is 0.274 e. The molecule has 27 heavy (non-hydrogen) atoms. The highest BCUT2D eigenvalue weighted by Crippen LogP contribution is 2.40. The number of H-pyrrole nitrogens is 1. The molecular weight excluding hydrogens is 340 g/mol. The number of hydrogen-bond acceptors (Lipinski definition) is 4. The molecule has 0 saturated carbocycles. The summed E-state index contributed by atoms with van der Waals surface area (Å²) in [7, 11) is 1.83. The number of hydrogen-bond donors (Lipinski definition) is 3. The van der Waals surface area contributed by atoms with Crippen LogP contribution < -0.4 is 10.2 Å². The van der Waals surface area contributed by atoms with Crippen LogP contribution in [0.1, 0.15) is 16.1 Å². The van der Waals surface area contributed by atoms with Crippen molar-refractivity contribution in [3.63, 3.8) is 0 Å². The summed E-state index contributed by atoms with van der Waals surface area (Å²) in [6.45, 7) is 0.589. The number of phenols is 1. The van der Waals surface area contributed by atoms with E-state index in [1.165, 1.54) is 0 Å². The standard InChI is InChI=1S/C21H18N4O2/c1-22-13-8-12-9-17(24-20(12)23-11-13)21(27)25-7-6-15-14-4-2-3-5-16(14)19(26)10-18(15)25/h2-5,8-11,22,26H,6-7H2,1H3,(H,23,24). The fourth-order valence-corrected chi connectivity index (χ4v) is 3.87. The van der Waals surface area contributed by atoms with E-state index < -0.39 is 0 Å². The lowest BCUT2D eigenvalue weighted by Crippen LogP contribution is -2.29. The summed E-state index contributed by atoms with van der Waals surface area (Å²) < 4.78 is 0. The van der Waals surface area contributed by atoms with Crippen molar-refractivity contribution >= 4 is 39.1 Å². The largest absolute Gasteiger partial charge is 0.507 e. The Morgan fingerprint density at radius 1 is 1.22 bits per heavy atom. The molecule has 0 aliphatic carbocycles. The number of benzene rings is 2. The van der Waals surface area contributed by atoms with Gasteiger partial charge in [-0.1, -0.05) is 24.3 Å². The van der Waals surface area contributed by atoms with Gasteiger partial charge in [-0.05, 0) is 29.5 Å². The summed E-state index contributed by atoms with van der Waals surface area (Å²) >= 11 is 0. The molecule has 134 valence electrons. The van der Waals surface area contributed by atoms with Crippen LogP contribution in [0.3, 0.4) is 0 Å². The third kappa shape index (κ3) is 2.33. The minimum atomic E-state index is -0.118. The van der Waals surface area contributed by atoms with Crippen molar-refractivity contribution in [2.75, 3.05) is 23.8 Å². The summed E-state index contributed by atoms with van der Waals surface area (Å²) in [6.07, 6.45) is 2.49. The van der Waals surface area contributed by atoms with Crippen LogP contribution in [-0.2, 0) is 6.42 Å². The quantitative estimate of drug-likeness (QED) is 0.511. The number of nitrogens with zero attached hydrogens (tertiary/aromatic N) is 2. The highest BCUT2D eigenvalue weighted by atomic mass is 16.3. The van der Waals surface area contributed by atoms with Crippen LogP contribution in [0.2, 0.25) is 0 Å². The van der Waals surface area contributed by atoms with Crippen molar-refractivity contribution in [2.45, 2.75) is 6.42 Å². The average molecular weight is 358 g/mol. The number of aromatic nitrogens is 2. The van der Waals surface area contributed by atoms with E-state index in [-0.39, 0.29) is 11.7 Å². The second-order valence-electron chi connectivity index (χ2n) is 6.74. The number of pyridine rings is 1. The van der Waals surface area contributed by atoms with Gasteiger partial charge in [0, 0.05) is 30.4 Å². The first kappa shape index (κ1) is 15.7. The Kier molecular flexibility index (Phi) is 3.33. The number of phenolic OH excluding ortho intramolecular Hbond substituents is 1. The molecule has 0 spiro atoms. The topological polar surface area (TPSA) is 81.2 Å². The van der Waals surface area contributed by atoms with E-state index in [9.17, 15) is 9.90 Å². The van der Waals surface area contributed by atoms with Crippen molar-refractivity contribution in [2.24, 2.45) is 0 Å². The molecule has 0 radical (unpaired) electrons. The fraction of sp³-hybridized carbons (Fsp3) is 0.143. The molecule has 0 unspecified atom stereocenters. The number of carbonyl (C=O) groups excluding carboxylic acids is 1. The summed E-state index contributed by atoms with van der Waals surface area (Å²) in [4.78, 5) is 22.3. The Morgan fingerprint density at radius 3 is 2.85 bits per heavy atom. The van der Waals surface area contributed by atoms with Crippen LogP contribution >= 0.6 is 0 Å². The van der Waals surface area contributed by atoms with Crippen LogP contribution in [0.25, 0.3) is 21.8 Å². The molecule has 1 aliphatic heterocycles. The number of fused-ring (bicyclic) bond motifs is 4. The Morgan fingerprint density at radius 2 is 2.04 bits per heavy atom. The SMILES string of the molecule is CNc1cnc2[nH]c(C(=O)N3CCc4c3cc(O)c3ccccc43)cc2c1. The third-order valence-electron chi connectivity index (χ3n) is 5.22. The Labute approximate surface area is 155 Å². The van der Waals surface area contributed by atoms with Gasteiger partial charge in [-0.3, -0.25) is 4.79 Å². The number of aromatic amines is 1. The predicted molar refractivity (Wildman–Crippen MR) is 107 cm³/mol. The molecule has 0 atom stereocenters. The first-order valence-corrected chi connectivity index (χ1v) is 8.87. The van der Waals surface area contributed by atoms with Gasteiger partial charge in [0.15, 0.2) is 0 Å². The Bertz CT molecular complexity index is 1210. The molecule has 5 rings (SSSR count). The van der Waals surface area contributed by atoms with Gasteiger partial charge in [-0.25, -0.2) is 4.98 Å². The van der Waals surface area contributed by atoms with Gasteiger partial charge >= 0.3 is 0 Å². The highest BCUT2D eigenvalue weighted by Gasteiger charge is 2.29. The number of amides is 1. The zero-order chi connectivity index (χ0) is 18.5. The number of nitrogens with one attached hydrogen (secondary N) is 2. The van der Waals surface area contributed by atoms with E-state index in [1.807, 2.05) is 43.4 Å². The Balaban J connectivity index is 1.58. The summed E-state index contributed by atoms with van der Waals surface area (Å²) in [5, 5.41) is 16.2. The van der Waals surface area contributed by atoms with Crippen molar-refractivity contribution in [3.05, 3.63) is 59.9 Å². The van der Waals surface area contributed by atoms with Crippen molar-refractivity contribution in [3.8, 4) is 5.75 Å². The van der Waals surface area contributed by atoms with E-state index in [1.54, 1.807) is 17.2 Å². The van der Waals surface area contributed by atoms with Crippen molar-refractivity contribution in [1.82, 2.24) is 9.97 Å². The maximum atomic E-state index is 13.2. The molecule has 4 aromatic rings.